The van der Waals surface area contributed by atoms with Crippen LogP contribution in [0.3, 0.4) is 0 Å². The van der Waals surface area contributed by atoms with E-state index < -0.39 is 0 Å². The van der Waals surface area contributed by atoms with Gasteiger partial charge in [-0.15, -0.1) is 0 Å². The summed E-state index contributed by atoms with van der Waals surface area (Å²) in [5.74, 6) is 0.780. The van der Waals surface area contributed by atoms with Crippen molar-refractivity contribution >= 4 is 44.6 Å². The maximum Gasteiger partial charge on any atom is 0.194 e. The molecule has 1 N–H and O–H groups in total. The number of nitrogens with zero attached hydrogens (tertiary/aromatic N) is 4. The lowest BCUT2D eigenvalue weighted by Crippen LogP contribution is -2.30. The number of anilines is 1. The van der Waals surface area contributed by atoms with Crippen molar-refractivity contribution in [1.29, 1.82) is 0 Å². The zero-order valence-electron chi connectivity index (χ0n) is 18.3. The van der Waals surface area contributed by atoms with Crippen LogP contribution in [0, 0.1) is 0 Å². The minimum Gasteiger partial charge on any atom is -0.497 e. The average molecular weight is 484 g/mol. The quantitative estimate of drug-likeness (QED) is 0.325. The van der Waals surface area contributed by atoms with Crippen LogP contribution >= 0.6 is 23.6 Å². The first-order valence-electron chi connectivity index (χ1n) is 10.9. The fourth-order valence-corrected chi connectivity index (χ4v) is 5.78. The van der Waals surface area contributed by atoms with Crippen molar-refractivity contribution in [3.8, 4) is 10.9 Å². The number of pyridine rings is 1. The van der Waals surface area contributed by atoms with Gasteiger partial charge in [0.25, 0.3) is 0 Å². The number of hydrogen-bond acceptors (Lipinski definition) is 5. The SMILES string of the molecule is COc1cccc(N2C(=S)N[C@@H](c3ccccn3)[C@@H]2c2cccn2-c2nc3ccccc3s2)c1. The molecule has 6 rings (SSSR count). The number of nitrogens with one attached hydrogen (secondary N) is 1. The molecule has 6 nitrogen and oxygen atoms in total. The second-order valence-electron chi connectivity index (χ2n) is 7.97. The molecule has 4 heterocycles. The summed E-state index contributed by atoms with van der Waals surface area (Å²) in [6, 6.07) is 26.1. The monoisotopic (exact) mass is 483 g/mol. The molecule has 0 saturated carbocycles. The Morgan fingerprint density at radius 1 is 1.00 bits per heavy atom. The Labute approximate surface area is 206 Å². The number of hydrogen-bond donors (Lipinski definition) is 1. The van der Waals surface area contributed by atoms with Gasteiger partial charge < -0.3 is 15.0 Å². The first kappa shape index (κ1) is 20.8. The van der Waals surface area contributed by atoms with Crippen LogP contribution in [0.5, 0.6) is 5.75 Å². The smallest absolute Gasteiger partial charge is 0.194 e. The van der Waals surface area contributed by atoms with E-state index in [1.807, 2.05) is 60.8 Å². The molecule has 5 aromatic rings. The van der Waals surface area contributed by atoms with Gasteiger partial charge in [0.15, 0.2) is 10.2 Å². The summed E-state index contributed by atoms with van der Waals surface area (Å²) in [4.78, 5) is 11.7. The topological polar surface area (TPSA) is 55.2 Å². The van der Waals surface area contributed by atoms with Gasteiger partial charge in [0.05, 0.1) is 34.8 Å². The van der Waals surface area contributed by atoms with Crippen molar-refractivity contribution in [3.63, 3.8) is 0 Å². The first-order chi connectivity index (χ1) is 16.7. The van der Waals surface area contributed by atoms with Gasteiger partial charge in [0, 0.05) is 24.1 Å². The number of thiazole rings is 1. The molecule has 0 unspecified atom stereocenters. The lowest BCUT2D eigenvalue weighted by Gasteiger charge is -2.28. The molecule has 0 amide bonds. The molecule has 1 fully saturated rings. The third-order valence-corrected chi connectivity index (χ3v) is 7.35. The van der Waals surface area contributed by atoms with E-state index in [2.05, 4.69) is 50.2 Å². The molecular weight excluding hydrogens is 462 g/mol. The Morgan fingerprint density at radius 3 is 2.71 bits per heavy atom. The molecule has 0 spiro atoms. The molecule has 34 heavy (non-hydrogen) atoms. The normalized spacial score (nSPS) is 17.8. The number of thiocarbonyl (C=S) groups is 1. The van der Waals surface area contributed by atoms with E-state index in [0.29, 0.717) is 5.11 Å². The Balaban J connectivity index is 1.52. The van der Waals surface area contributed by atoms with Gasteiger partial charge >= 0.3 is 0 Å². The number of para-hydroxylation sites is 1. The molecule has 2 atom stereocenters. The first-order valence-corrected chi connectivity index (χ1v) is 12.1. The maximum atomic E-state index is 5.87. The minimum atomic E-state index is -0.142. The standard InChI is InChI=1S/C26H21N5OS2/c1-32-18-9-6-8-17(16-18)31-24(23(29-25(31)33)20-11-4-5-14-27-20)21-12-7-15-30(21)26-28-19-10-2-3-13-22(19)34-26/h2-16,23-24H,1H3,(H,29,33)/t23-,24-/m0/s1. The molecule has 168 valence electrons. The third kappa shape index (κ3) is 3.52. The Kier molecular flexibility index (Phi) is 5.24. The van der Waals surface area contributed by atoms with E-state index in [1.54, 1.807) is 18.4 Å². The predicted octanol–water partition coefficient (Wildman–Crippen LogP) is 5.67. The molecule has 8 heteroatoms. The van der Waals surface area contributed by atoms with E-state index in [-0.39, 0.29) is 12.1 Å². The van der Waals surface area contributed by atoms with Crippen LogP contribution in [0.1, 0.15) is 23.5 Å². The fourth-order valence-electron chi connectivity index (χ4n) is 4.47. The molecule has 1 aliphatic heterocycles. The van der Waals surface area contributed by atoms with Crippen molar-refractivity contribution in [3.05, 3.63) is 103 Å². The predicted molar refractivity (Wildman–Crippen MR) is 140 cm³/mol. The van der Waals surface area contributed by atoms with E-state index >= 15 is 0 Å². The van der Waals surface area contributed by atoms with E-state index in [1.165, 1.54) is 0 Å². The lowest BCUT2D eigenvalue weighted by molar-refractivity contribution is 0.414. The zero-order chi connectivity index (χ0) is 23.1. The molecule has 0 aliphatic carbocycles. The van der Waals surface area contributed by atoms with Crippen molar-refractivity contribution in [2.45, 2.75) is 12.1 Å². The van der Waals surface area contributed by atoms with E-state index in [4.69, 9.17) is 21.9 Å². The largest absolute Gasteiger partial charge is 0.497 e. The lowest BCUT2D eigenvalue weighted by atomic mass is 10.0. The van der Waals surface area contributed by atoms with Crippen molar-refractivity contribution in [1.82, 2.24) is 19.9 Å². The highest BCUT2D eigenvalue weighted by Crippen LogP contribution is 2.43. The summed E-state index contributed by atoms with van der Waals surface area (Å²) >= 11 is 7.54. The number of rotatable bonds is 5. The average Bonchev–Trinajstić information content (AvgIpc) is 3.60. The second-order valence-corrected chi connectivity index (χ2v) is 9.36. The summed E-state index contributed by atoms with van der Waals surface area (Å²) < 4.78 is 8.81. The van der Waals surface area contributed by atoms with Gasteiger partial charge in [0.1, 0.15) is 11.8 Å². The highest BCUT2D eigenvalue weighted by atomic mass is 32.1. The maximum absolute atomic E-state index is 5.87. The summed E-state index contributed by atoms with van der Waals surface area (Å²) in [6.45, 7) is 0. The van der Waals surface area contributed by atoms with Gasteiger partial charge in [0.2, 0.25) is 0 Å². The van der Waals surface area contributed by atoms with Gasteiger partial charge in [-0.05, 0) is 60.7 Å². The molecule has 1 saturated heterocycles. The van der Waals surface area contributed by atoms with Crippen LogP contribution in [-0.2, 0) is 0 Å². The molecular formula is C26H21N5OS2. The Morgan fingerprint density at radius 2 is 1.88 bits per heavy atom. The number of fused-ring (bicyclic) bond motifs is 1. The Bertz CT molecular complexity index is 1450. The summed E-state index contributed by atoms with van der Waals surface area (Å²) in [5.41, 5.74) is 3.95. The fraction of sp³-hybridized carbons (Fsp3) is 0.115. The van der Waals surface area contributed by atoms with E-state index in [0.717, 1.165) is 38.2 Å². The highest BCUT2D eigenvalue weighted by molar-refractivity contribution is 7.80. The van der Waals surface area contributed by atoms with E-state index in [9.17, 15) is 0 Å². The van der Waals surface area contributed by atoms with Crippen molar-refractivity contribution < 1.29 is 4.74 Å². The molecule has 1 aliphatic rings. The molecule has 0 bridgehead atoms. The summed E-state index contributed by atoms with van der Waals surface area (Å²) in [5, 5.41) is 5.09. The van der Waals surface area contributed by atoms with Crippen LogP contribution in [0.15, 0.2) is 91.3 Å². The summed E-state index contributed by atoms with van der Waals surface area (Å²) in [6.07, 6.45) is 3.88. The van der Waals surface area contributed by atoms with Crippen molar-refractivity contribution in [2.24, 2.45) is 0 Å². The number of benzene rings is 2. The molecule has 2 aromatic carbocycles. The van der Waals surface area contributed by atoms with Crippen LogP contribution in [0.4, 0.5) is 5.69 Å². The van der Waals surface area contributed by atoms with Gasteiger partial charge in [-0.3, -0.25) is 9.55 Å². The Hall–Kier alpha value is -3.75. The molecule has 3 aromatic heterocycles. The summed E-state index contributed by atoms with van der Waals surface area (Å²) in [7, 11) is 1.67. The molecule has 0 radical (unpaired) electrons. The second kappa shape index (κ2) is 8.55. The van der Waals surface area contributed by atoms with Crippen molar-refractivity contribution in [2.75, 3.05) is 12.0 Å². The van der Waals surface area contributed by atoms with Crippen LogP contribution < -0.4 is 15.0 Å². The zero-order valence-corrected chi connectivity index (χ0v) is 20.0. The van der Waals surface area contributed by atoms with Gasteiger partial charge in [-0.25, -0.2) is 4.98 Å². The highest BCUT2D eigenvalue weighted by Gasteiger charge is 2.42. The third-order valence-electron chi connectivity index (χ3n) is 6.00. The van der Waals surface area contributed by atoms with Gasteiger partial charge in [-0.2, -0.15) is 0 Å². The minimum absolute atomic E-state index is 0.136. The van der Waals surface area contributed by atoms with Crippen LogP contribution in [-0.4, -0.2) is 26.8 Å². The number of ether oxygens (including phenoxy) is 1. The number of methoxy groups -OCH3 is 1. The number of aromatic nitrogens is 3. The van der Waals surface area contributed by atoms with Crippen LogP contribution in [0.25, 0.3) is 15.3 Å². The van der Waals surface area contributed by atoms with Gasteiger partial charge in [-0.1, -0.05) is 35.6 Å². The van der Waals surface area contributed by atoms with Crippen LogP contribution in [0.2, 0.25) is 0 Å².